The molecule has 1 nitrogen and oxygen atoms in total. The summed E-state index contributed by atoms with van der Waals surface area (Å²) in [6.07, 6.45) is 9.70. The van der Waals surface area contributed by atoms with Crippen LogP contribution in [0.2, 0.25) is 0 Å². The van der Waals surface area contributed by atoms with E-state index in [1.54, 1.807) is 0 Å². The number of hydrogen-bond donors (Lipinski definition) is 1. The van der Waals surface area contributed by atoms with E-state index >= 15 is 0 Å². The summed E-state index contributed by atoms with van der Waals surface area (Å²) in [5.41, 5.74) is 2.09. The third kappa shape index (κ3) is 4.65. The summed E-state index contributed by atoms with van der Waals surface area (Å²) in [5, 5.41) is 3.68. The number of rotatable bonds is 7. The molecule has 0 aliphatic heterocycles. The summed E-state index contributed by atoms with van der Waals surface area (Å²) in [7, 11) is 0. The summed E-state index contributed by atoms with van der Waals surface area (Å²) < 4.78 is 0. The molecule has 19 heavy (non-hydrogen) atoms. The predicted molar refractivity (Wildman–Crippen MR) is 83.4 cm³/mol. The van der Waals surface area contributed by atoms with Gasteiger partial charge in [-0.25, -0.2) is 0 Å². The van der Waals surface area contributed by atoms with E-state index in [9.17, 15) is 0 Å². The van der Waals surface area contributed by atoms with Gasteiger partial charge in [-0.2, -0.15) is 0 Å². The van der Waals surface area contributed by atoms with Crippen LogP contribution in [0, 0.1) is 5.41 Å². The molecule has 1 fully saturated rings. The second kappa shape index (κ2) is 7.09. The minimum Gasteiger partial charge on any atom is -0.314 e. The molecule has 0 bridgehead atoms. The predicted octanol–water partition coefficient (Wildman–Crippen LogP) is 4.57. The molecule has 1 aliphatic carbocycles. The summed E-state index contributed by atoms with van der Waals surface area (Å²) in [6.45, 7) is 5.73. The van der Waals surface area contributed by atoms with Crippen LogP contribution < -0.4 is 5.32 Å². The maximum Gasteiger partial charge on any atom is 0.00106 e. The maximum absolute atomic E-state index is 3.68. The standard InChI is InChI=1S/C18H29N/c1-16(2)19-15-18(12-6-7-13-18)14-8-11-17-9-4-3-5-10-17/h3-5,9-10,16,19H,6-8,11-15H2,1-2H3. The summed E-state index contributed by atoms with van der Waals surface area (Å²) in [5.74, 6) is 0. The van der Waals surface area contributed by atoms with Gasteiger partial charge in [-0.05, 0) is 43.1 Å². The fourth-order valence-corrected chi connectivity index (χ4v) is 3.37. The Morgan fingerprint density at radius 2 is 1.79 bits per heavy atom. The van der Waals surface area contributed by atoms with Gasteiger partial charge in [0, 0.05) is 12.6 Å². The molecule has 106 valence electrons. The molecule has 0 atom stereocenters. The molecule has 1 saturated carbocycles. The highest BCUT2D eigenvalue weighted by atomic mass is 14.9. The van der Waals surface area contributed by atoms with Crippen LogP contribution in [0.5, 0.6) is 0 Å². The van der Waals surface area contributed by atoms with Gasteiger partial charge in [0.05, 0.1) is 0 Å². The van der Waals surface area contributed by atoms with Crippen molar-refractivity contribution in [3.8, 4) is 0 Å². The molecule has 0 radical (unpaired) electrons. The Kier molecular flexibility index (Phi) is 5.45. The van der Waals surface area contributed by atoms with Crippen molar-refractivity contribution in [2.45, 2.75) is 64.8 Å². The van der Waals surface area contributed by atoms with Gasteiger partial charge >= 0.3 is 0 Å². The Morgan fingerprint density at radius 3 is 2.42 bits per heavy atom. The molecule has 0 aromatic heterocycles. The summed E-state index contributed by atoms with van der Waals surface area (Å²) >= 11 is 0. The molecular formula is C18H29N. The van der Waals surface area contributed by atoms with Crippen molar-refractivity contribution in [2.24, 2.45) is 5.41 Å². The number of hydrogen-bond acceptors (Lipinski definition) is 1. The lowest BCUT2D eigenvalue weighted by Crippen LogP contribution is -2.36. The van der Waals surface area contributed by atoms with E-state index in [1.165, 1.54) is 57.1 Å². The van der Waals surface area contributed by atoms with Crippen molar-refractivity contribution in [2.75, 3.05) is 6.54 Å². The van der Waals surface area contributed by atoms with E-state index in [0.717, 1.165) is 0 Å². The maximum atomic E-state index is 3.68. The minimum atomic E-state index is 0.596. The molecule has 0 heterocycles. The number of aryl methyl sites for hydroxylation is 1. The smallest absolute Gasteiger partial charge is 0.00106 e. The van der Waals surface area contributed by atoms with Crippen LogP contribution in [0.3, 0.4) is 0 Å². The Labute approximate surface area is 118 Å². The molecule has 1 aromatic rings. The van der Waals surface area contributed by atoms with E-state index in [1.807, 2.05) is 0 Å². The zero-order chi connectivity index (χ0) is 13.6. The lowest BCUT2D eigenvalue weighted by molar-refractivity contribution is 0.244. The highest BCUT2D eigenvalue weighted by molar-refractivity contribution is 5.14. The Balaban J connectivity index is 1.80. The largest absolute Gasteiger partial charge is 0.314 e. The van der Waals surface area contributed by atoms with Gasteiger partial charge in [-0.1, -0.05) is 57.0 Å². The first-order valence-corrected chi connectivity index (χ1v) is 7.98. The topological polar surface area (TPSA) is 12.0 Å². The molecule has 0 amide bonds. The van der Waals surface area contributed by atoms with Gasteiger partial charge in [0.2, 0.25) is 0 Å². The second-order valence-corrected chi connectivity index (χ2v) is 6.58. The van der Waals surface area contributed by atoms with Gasteiger partial charge in [0.25, 0.3) is 0 Å². The van der Waals surface area contributed by atoms with Crippen LogP contribution in [0.4, 0.5) is 0 Å². The van der Waals surface area contributed by atoms with Crippen molar-refractivity contribution >= 4 is 0 Å². The first kappa shape index (κ1) is 14.6. The summed E-state index contributed by atoms with van der Waals surface area (Å²) in [6, 6.07) is 11.5. The van der Waals surface area contributed by atoms with E-state index in [0.29, 0.717) is 11.5 Å². The zero-order valence-electron chi connectivity index (χ0n) is 12.6. The van der Waals surface area contributed by atoms with Crippen molar-refractivity contribution < 1.29 is 0 Å². The van der Waals surface area contributed by atoms with Gasteiger partial charge in [-0.15, -0.1) is 0 Å². The van der Waals surface area contributed by atoms with E-state index in [4.69, 9.17) is 0 Å². The fourth-order valence-electron chi connectivity index (χ4n) is 3.37. The Hall–Kier alpha value is -0.820. The fraction of sp³-hybridized carbons (Fsp3) is 0.667. The highest BCUT2D eigenvalue weighted by Gasteiger charge is 2.32. The van der Waals surface area contributed by atoms with E-state index in [-0.39, 0.29) is 0 Å². The van der Waals surface area contributed by atoms with Crippen LogP contribution in [0.25, 0.3) is 0 Å². The van der Waals surface area contributed by atoms with Crippen molar-refractivity contribution in [3.05, 3.63) is 35.9 Å². The first-order valence-electron chi connectivity index (χ1n) is 7.98. The average molecular weight is 259 g/mol. The first-order chi connectivity index (χ1) is 9.20. The zero-order valence-corrected chi connectivity index (χ0v) is 12.6. The Bertz CT molecular complexity index is 349. The molecule has 1 heteroatoms. The normalized spacial score (nSPS) is 18.1. The lowest BCUT2D eigenvalue weighted by Gasteiger charge is -2.30. The highest BCUT2D eigenvalue weighted by Crippen LogP contribution is 2.41. The molecule has 2 rings (SSSR count). The molecule has 1 N–H and O–H groups in total. The number of benzene rings is 1. The molecule has 0 unspecified atom stereocenters. The van der Waals surface area contributed by atoms with Crippen molar-refractivity contribution in [1.29, 1.82) is 0 Å². The van der Waals surface area contributed by atoms with Crippen LogP contribution in [0.15, 0.2) is 30.3 Å². The molecule has 1 aliphatic rings. The van der Waals surface area contributed by atoms with Crippen LogP contribution >= 0.6 is 0 Å². The SMILES string of the molecule is CC(C)NCC1(CCCc2ccccc2)CCCC1. The quantitative estimate of drug-likeness (QED) is 0.756. The molecule has 0 spiro atoms. The van der Waals surface area contributed by atoms with Crippen LogP contribution in [-0.2, 0) is 6.42 Å². The van der Waals surface area contributed by atoms with Gasteiger partial charge in [0.1, 0.15) is 0 Å². The van der Waals surface area contributed by atoms with Crippen molar-refractivity contribution in [1.82, 2.24) is 5.32 Å². The molecular weight excluding hydrogens is 230 g/mol. The van der Waals surface area contributed by atoms with Crippen LogP contribution in [-0.4, -0.2) is 12.6 Å². The third-order valence-electron chi connectivity index (χ3n) is 4.56. The van der Waals surface area contributed by atoms with Crippen LogP contribution in [0.1, 0.15) is 57.9 Å². The number of nitrogens with one attached hydrogen (secondary N) is 1. The van der Waals surface area contributed by atoms with E-state index < -0.39 is 0 Å². The second-order valence-electron chi connectivity index (χ2n) is 6.58. The third-order valence-corrected chi connectivity index (χ3v) is 4.56. The molecule has 1 aromatic carbocycles. The lowest BCUT2D eigenvalue weighted by atomic mass is 9.80. The average Bonchev–Trinajstić information content (AvgIpc) is 2.87. The van der Waals surface area contributed by atoms with E-state index in [2.05, 4.69) is 49.5 Å². The summed E-state index contributed by atoms with van der Waals surface area (Å²) in [4.78, 5) is 0. The monoisotopic (exact) mass is 259 g/mol. The van der Waals surface area contributed by atoms with Gasteiger partial charge in [-0.3, -0.25) is 0 Å². The van der Waals surface area contributed by atoms with Gasteiger partial charge < -0.3 is 5.32 Å². The molecule has 0 saturated heterocycles. The minimum absolute atomic E-state index is 0.596. The Morgan fingerprint density at radius 1 is 1.11 bits per heavy atom. The van der Waals surface area contributed by atoms with Crippen molar-refractivity contribution in [3.63, 3.8) is 0 Å². The van der Waals surface area contributed by atoms with Gasteiger partial charge in [0.15, 0.2) is 0 Å².